The van der Waals surface area contributed by atoms with Crippen LogP contribution in [0.15, 0.2) is 70.6 Å². The number of anilines is 2. The quantitative estimate of drug-likeness (QED) is 0.0899. The molecule has 1 amide bonds. The van der Waals surface area contributed by atoms with E-state index in [0.717, 1.165) is 23.9 Å². The highest BCUT2D eigenvalue weighted by molar-refractivity contribution is 7.88. The van der Waals surface area contributed by atoms with E-state index in [-0.39, 0.29) is 38.7 Å². The molecule has 14 heteroatoms. The zero-order valence-corrected chi connectivity index (χ0v) is 34.9. The minimum atomic E-state index is -4.35. The molecule has 0 fully saturated rings. The summed E-state index contributed by atoms with van der Waals surface area (Å²) < 4.78 is 57.7. The van der Waals surface area contributed by atoms with Crippen LogP contribution >= 0.6 is 11.6 Å². The second-order valence-corrected chi connectivity index (χ2v) is 19.8. The molecule has 0 atom stereocenters. The topological polar surface area (TPSA) is 151 Å². The highest BCUT2D eigenvalue weighted by atomic mass is 35.5. The molecule has 0 radical (unpaired) electrons. The number of amides is 1. The Hall–Kier alpha value is -3.78. The zero-order chi connectivity index (χ0) is 40.2. The van der Waals surface area contributed by atoms with E-state index in [4.69, 9.17) is 15.8 Å². The van der Waals surface area contributed by atoms with Crippen LogP contribution in [0.2, 0.25) is 5.02 Å². The fourth-order valence-electron chi connectivity index (χ4n) is 5.98. The molecular weight excluding hydrogens is 736 g/mol. The molecule has 0 aliphatic rings. The molecule has 0 heterocycles. The maximum Gasteiger partial charge on any atom is 0.339 e. The van der Waals surface area contributed by atoms with Crippen LogP contribution in [0.1, 0.15) is 79.9 Å². The van der Waals surface area contributed by atoms with Gasteiger partial charge in [0.25, 0.3) is 5.91 Å². The summed E-state index contributed by atoms with van der Waals surface area (Å²) in [4.78, 5) is 33.6. The minimum Gasteiger partial charge on any atom is -0.379 e. The van der Waals surface area contributed by atoms with Gasteiger partial charge >= 0.3 is 10.1 Å². The molecule has 0 aromatic heterocycles. The summed E-state index contributed by atoms with van der Waals surface area (Å²) in [6, 6.07) is 16.0. The number of hydrogen-bond donors (Lipinski definition) is 2. The average Bonchev–Trinajstić information content (AvgIpc) is 3.01. The van der Waals surface area contributed by atoms with Crippen molar-refractivity contribution in [3.63, 3.8) is 0 Å². The fraction of sp³-hybridized carbons (Fsp3) is 0.462. The Morgan fingerprint density at radius 3 is 2.04 bits per heavy atom. The van der Waals surface area contributed by atoms with E-state index in [0.29, 0.717) is 24.3 Å². The first-order chi connectivity index (χ1) is 24.2. The molecule has 11 nitrogen and oxygen atoms in total. The number of hydrogen-bond acceptors (Lipinski definition) is 9. The van der Waals surface area contributed by atoms with Crippen molar-refractivity contribution in [1.29, 1.82) is 0 Å². The molecule has 3 aromatic rings. The van der Waals surface area contributed by atoms with Gasteiger partial charge in [0.1, 0.15) is 10.6 Å². The van der Waals surface area contributed by atoms with Crippen LogP contribution in [-0.2, 0) is 35.1 Å². The van der Waals surface area contributed by atoms with E-state index in [2.05, 4.69) is 49.6 Å². The molecule has 53 heavy (non-hydrogen) atoms. The minimum absolute atomic E-state index is 0.0378. The van der Waals surface area contributed by atoms with Crippen LogP contribution in [0, 0.1) is 17.8 Å². The fourth-order valence-corrected chi connectivity index (χ4v) is 7.56. The Labute approximate surface area is 320 Å². The Morgan fingerprint density at radius 1 is 0.887 bits per heavy atom. The summed E-state index contributed by atoms with van der Waals surface area (Å²) in [7, 11) is -7.69. The highest BCUT2D eigenvalue weighted by Crippen LogP contribution is 2.37. The lowest BCUT2D eigenvalue weighted by atomic mass is 9.72. The predicted octanol–water partition coefficient (Wildman–Crippen LogP) is 7.83. The van der Waals surface area contributed by atoms with E-state index in [1.165, 1.54) is 18.2 Å². The smallest absolute Gasteiger partial charge is 0.339 e. The van der Waals surface area contributed by atoms with Crippen molar-refractivity contribution < 1.29 is 30.6 Å². The van der Waals surface area contributed by atoms with Gasteiger partial charge in [0.05, 0.1) is 22.7 Å². The third-order valence-corrected chi connectivity index (χ3v) is 10.6. The predicted molar refractivity (Wildman–Crippen MR) is 215 cm³/mol. The molecule has 2 N–H and O–H groups in total. The molecule has 0 aliphatic carbocycles. The third kappa shape index (κ3) is 12.7. The Kier molecular flexibility index (Phi) is 13.8. The van der Waals surface area contributed by atoms with Crippen LogP contribution in [-0.4, -0.2) is 60.1 Å². The van der Waals surface area contributed by atoms with Crippen molar-refractivity contribution in [3.05, 3.63) is 76.8 Å². The van der Waals surface area contributed by atoms with Gasteiger partial charge in [-0.1, -0.05) is 79.1 Å². The number of aliphatic imine (C=N–C) groups is 1. The van der Waals surface area contributed by atoms with Gasteiger partial charge < -0.3 is 14.4 Å². The van der Waals surface area contributed by atoms with Gasteiger partial charge in [0, 0.05) is 30.7 Å². The Balaban J connectivity index is 1.90. The van der Waals surface area contributed by atoms with Crippen molar-refractivity contribution in [2.24, 2.45) is 15.8 Å². The number of nitrogens with zero attached hydrogens (tertiary/aromatic N) is 2. The lowest BCUT2D eigenvalue weighted by Gasteiger charge is -2.33. The Morgan fingerprint density at radius 2 is 1.51 bits per heavy atom. The second-order valence-electron chi connectivity index (χ2n) is 16.0. The average molecular weight is 789 g/mol. The Bertz CT molecular complexity index is 2070. The number of Topliss-reactive ketones (excluding diaryl/α,β-unsaturated/α-hetero) is 1. The molecule has 0 saturated heterocycles. The van der Waals surface area contributed by atoms with Gasteiger partial charge in [0.15, 0.2) is 11.5 Å². The number of ketones is 1. The van der Waals surface area contributed by atoms with Gasteiger partial charge in [-0.2, -0.15) is 8.42 Å². The summed E-state index contributed by atoms with van der Waals surface area (Å²) in [6.07, 6.45) is 2.02. The van der Waals surface area contributed by atoms with Gasteiger partial charge in [-0.05, 0) is 90.8 Å². The van der Waals surface area contributed by atoms with E-state index in [9.17, 15) is 26.4 Å². The number of sulfonamides is 1. The van der Waals surface area contributed by atoms with Crippen LogP contribution in [0.5, 0.6) is 5.75 Å². The van der Waals surface area contributed by atoms with Gasteiger partial charge in [-0.3, -0.25) is 9.59 Å². The third-order valence-electron chi connectivity index (χ3n) is 8.31. The number of carbonyl (C=O) groups excluding carboxylic acids is 2. The summed E-state index contributed by atoms with van der Waals surface area (Å²) in [5.74, 6) is -1.29. The summed E-state index contributed by atoms with van der Waals surface area (Å²) in [5, 5.41) is 2.63. The van der Waals surface area contributed by atoms with Crippen molar-refractivity contribution in [2.45, 2.75) is 86.0 Å². The second kappa shape index (κ2) is 16.7. The number of carbonyl (C=O) groups is 2. The van der Waals surface area contributed by atoms with Crippen molar-refractivity contribution in [3.8, 4) is 5.75 Å². The molecule has 0 spiro atoms. The normalized spacial score (nSPS) is 13.1. The first kappa shape index (κ1) is 43.6. The highest BCUT2D eigenvalue weighted by Gasteiger charge is 2.32. The SMILES string of the molecule is CCN(CCNS(C)(=O)=O)c1ccc(N=C(C(=O)Nc2cc(S(=O)(=O)Oc3ccc(C(C)(C)CC(C)(C)C)cc3)ccc2Cl)C(=O)C(C)(C)C)c(C)c1. The van der Waals surface area contributed by atoms with Crippen LogP contribution < -0.4 is 19.1 Å². The molecule has 3 aromatic carbocycles. The maximum absolute atomic E-state index is 13.8. The number of aryl methyl sites for hydroxylation is 1. The van der Waals surface area contributed by atoms with E-state index in [1.807, 2.05) is 30.0 Å². The van der Waals surface area contributed by atoms with E-state index >= 15 is 0 Å². The number of halogens is 1. The molecule has 3 rings (SSSR count). The molecule has 0 unspecified atom stereocenters. The lowest BCUT2D eigenvalue weighted by Crippen LogP contribution is -2.37. The van der Waals surface area contributed by atoms with E-state index in [1.54, 1.807) is 52.0 Å². The van der Waals surface area contributed by atoms with Crippen molar-refractivity contribution >= 4 is 66.2 Å². The van der Waals surface area contributed by atoms with Crippen LogP contribution in [0.4, 0.5) is 17.1 Å². The molecule has 0 saturated carbocycles. The lowest BCUT2D eigenvalue weighted by molar-refractivity contribution is -0.121. The molecule has 290 valence electrons. The summed E-state index contributed by atoms with van der Waals surface area (Å²) in [5.41, 5.74) is 1.40. The summed E-state index contributed by atoms with van der Waals surface area (Å²) in [6.45, 7) is 20.8. The molecular formula is C39H53ClN4O7S2. The molecule has 0 aliphatic heterocycles. The zero-order valence-electron chi connectivity index (χ0n) is 32.5. The standard InChI is InChI=1S/C39H53ClN4O7S2/c1-12-44(22-21-41-52(11,47)48)28-15-20-32(26(2)23-28)42-34(35(45)38(6,7)8)36(46)43-33-24-30(18-19-31(33)40)53(49,50)51-29-16-13-27(14-17-29)39(9,10)25-37(3,4)5/h13-20,23-24,41H,12,21-22,25H2,1-11H3,(H,43,46). The van der Waals surface area contributed by atoms with Gasteiger partial charge in [0.2, 0.25) is 10.0 Å². The van der Waals surface area contributed by atoms with Crippen molar-refractivity contribution in [1.82, 2.24) is 4.72 Å². The van der Waals surface area contributed by atoms with Gasteiger partial charge in [-0.15, -0.1) is 0 Å². The maximum atomic E-state index is 13.8. The number of likely N-dealkylation sites (N-methyl/N-ethyl adjacent to an activating group) is 1. The number of benzene rings is 3. The number of rotatable bonds is 15. The molecule has 0 bridgehead atoms. The number of nitrogens with one attached hydrogen (secondary N) is 2. The van der Waals surface area contributed by atoms with E-state index < -0.39 is 43.0 Å². The first-order valence-electron chi connectivity index (χ1n) is 17.3. The largest absolute Gasteiger partial charge is 0.379 e. The van der Waals surface area contributed by atoms with Crippen LogP contribution in [0.25, 0.3) is 0 Å². The first-order valence-corrected chi connectivity index (χ1v) is 21.0. The monoisotopic (exact) mass is 788 g/mol. The van der Waals surface area contributed by atoms with Gasteiger partial charge in [-0.25, -0.2) is 18.1 Å². The van der Waals surface area contributed by atoms with Crippen molar-refractivity contribution in [2.75, 3.05) is 36.1 Å². The summed E-state index contributed by atoms with van der Waals surface area (Å²) >= 11 is 6.42. The van der Waals surface area contributed by atoms with Crippen LogP contribution in [0.3, 0.4) is 0 Å².